The summed E-state index contributed by atoms with van der Waals surface area (Å²) in [7, 11) is 0. The maximum absolute atomic E-state index is 5.95. The molecule has 1 aromatic rings. The van der Waals surface area contributed by atoms with E-state index in [1.807, 2.05) is 6.92 Å². The van der Waals surface area contributed by atoms with Crippen molar-refractivity contribution < 1.29 is 9.26 Å². The van der Waals surface area contributed by atoms with E-state index < -0.39 is 0 Å². The zero-order chi connectivity index (χ0) is 13.7. The van der Waals surface area contributed by atoms with Gasteiger partial charge in [-0.2, -0.15) is 4.98 Å². The van der Waals surface area contributed by atoms with Crippen LogP contribution in [0.4, 0.5) is 0 Å². The molecule has 0 bridgehead atoms. The quantitative estimate of drug-likeness (QED) is 0.823. The summed E-state index contributed by atoms with van der Waals surface area (Å²) < 4.78 is 11.3. The number of nitrogens with zero attached hydrogens (tertiary/aromatic N) is 2. The van der Waals surface area contributed by atoms with Crippen molar-refractivity contribution in [2.75, 3.05) is 13.2 Å². The van der Waals surface area contributed by atoms with Gasteiger partial charge in [0.05, 0.1) is 6.04 Å². The van der Waals surface area contributed by atoms with Crippen molar-refractivity contribution in [3.63, 3.8) is 0 Å². The summed E-state index contributed by atoms with van der Waals surface area (Å²) >= 11 is 0. The van der Waals surface area contributed by atoms with Gasteiger partial charge < -0.3 is 14.6 Å². The Balaban J connectivity index is 2.10. The lowest BCUT2D eigenvalue weighted by Gasteiger charge is -2.24. The molecule has 5 heteroatoms. The maximum atomic E-state index is 5.95. The van der Waals surface area contributed by atoms with E-state index in [-0.39, 0.29) is 11.6 Å². The largest absolute Gasteiger partial charge is 0.367 e. The lowest BCUT2D eigenvalue weighted by molar-refractivity contribution is -0.0469. The Kier molecular flexibility index (Phi) is 4.93. The van der Waals surface area contributed by atoms with E-state index in [1.165, 1.54) is 12.8 Å². The van der Waals surface area contributed by atoms with Crippen molar-refractivity contribution in [2.24, 2.45) is 0 Å². The molecule has 5 nitrogen and oxygen atoms in total. The highest BCUT2D eigenvalue weighted by molar-refractivity contribution is 5.05. The maximum Gasteiger partial charge on any atom is 0.243 e. The zero-order valence-electron chi connectivity index (χ0n) is 12.2. The fourth-order valence-corrected chi connectivity index (χ4v) is 2.70. The van der Waals surface area contributed by atoms with E-state index in [0.29, 0.717) is 12.5 Å². The number of hydrogen-bond acceptors (Lipinski definition) is 5. The van der Waals surface area contributed by atoms with Crippen LogP contribution < -0.4 is 5.32 Å². The van der Waals surface area contributed by atoms with E-state index in [0.717, 1.165) is 31.6 Å². The van der Waals surface area contributed by atoms with Gasteiger partial charge in [-0.05, 0) is 52.5 Å². The normalized spacial score (nSPS) is 19.7. The van der Waals surface area contributed by atoms with Crippen LogP contribution in [-0.2, 0) is 10.3 Å². The van der Waals surface area contributed by atoms with Gasteiger partial charge in [0.15, 0.2) is 0 Å². The summed E-state index contributed by atoms with van der Waals surface area (Å²) in [6.45, 7) is 7.85. The molecule has 1 aromatic heterocycles. The van der Waals surface area contributed by atoms with Crippen LogP contribution in [0.15, 0.2) is 4.52 Å². The first kappa shape index (κ1) is 14.5. The molecule has 0 saturated heterocycles. The number of hydrogen-bond donors (Lipinski definition) is 1. The van der Waals surface area contributed by atoms with Gasteiger partial charge >= 0.3 is 0 Å². The van der Waals surface area contributed by atoms with Crippen LogP contribution in [0, 0.1) is 0 Å². The fraction of sp³-hybridized carbons (Fsp3) is 0.857. The van der Waals surface area contributed by atoms with E-state index in [9.17, 15) is 0 Å². The molecule has 0 amide bonds. The lowest BCUT2D eigenvalue weighted by atomic mass is 10.0. The summed E-state index contributed by atoms with van der Waals surface area (Å²) in [6, 6.07) is 0.0984. The van der Waals surface area contributed by atoms with Crippen LogP contribution >= 0.6 is 0 Å². The third kappa shape index (κ3) is 3.15. The van der Waals surface area contributed by atoms with Gasteiger partial charge in [-0.15, -0.1) is 0 Å². The molecular formula is C14H25N3O2. The predicted molar refractivity (Wildman–Crippen MR) is 72.8 cm³/mol. The first-order valence-electron chi connectivity index (χ1n) is 7.43. The molecule has 108 valence electrons. The molecule has 0 spiro atoms. The smallest absolute Gasteiger partial charge is 0.243 e. The van der Waals surface area contributed by atoms with E-state index in [4.69, 9.17) is 9.26 Å². The van der Waals surface area contributed by atoms with Crippen LogP contribution in [0.25, 0.3) is 0 Å². The van der Waals surface area contributed by atoms with Crippen molar-refractivity contribution in [2.45, 2.75) is 64.5 Å². The van der Waals surface area contributed by atoms with Crippen molar-refractivity contribution in [3.05, 3.63) is 11.7 Å². The number of nitrogens with one attached hydrogen (secondary N) is 1. The summed E-state index contributed by atoms with van der Waals surface area (Å²) in [4.78, 5) is 4.57. The van der Waals surface area contributed by atoms with E-state index in [1.54, 1.807) is 0 Å². The Labute approximate surface area is 115 Å². The molecule has 0 aliphatic heterocycles. The van der Waals surface area contributed by atoms with Crippen LogP contribution in [-0.4, -0.2) is 23.3 Å². The molecule has 1 aliphatic carbocycles. The first-order chi connectivity index (χ1) is 9.22. The molecule has 1 aliphatic rings. The van der Waals surface area contributed by atoms with E-state index in [2.05, 4.69) is 29.3 Å². The molecule has 19 heavy (non-hydrogen) atoms. The Morgan fingerprint density at radius 1 is 1.37 bits per heavy atom. The number of rotatable bonds is 7. The van der Waals surface area contributed by atoms with Gasteiger partial charge in [0.1, 0.15) is 5.60 Å². The average molecular weight is 267 g/mol. The van der Waals surface area contributed by atoms with Gasteiger partial charge in [0, 0.05) is 6.61 Å². The number of aromatic nitrogens is 2. The Morgan fingerprint density at radius 2 is 2.11 bits per heavy atom. The third-order valence-electron chi connectivity index (χ3n) is 3.75. The zero-order valence-corrected chi connectivity index (χ0v) is 12.2. The van der Waals surface area contributed by atoms with Gasteiger partial charge in [-0.25, -0.2) is 0 Å². The summed E-state index contributed by atoms with van der Waals surface area (Å²) in [5.74, 6) is 1.39. The highest BCUT2D eigenvalue weighted by Crippen LogP contribution is 2.40. The topological polar surface area (TPSA) is 60.2 Å². The highest BCUT2D eigenvalue weighted by atomic mass is 16.5. The summed E-state index contributed by atoms with van der Waals surface area (Å²) in [5.41, 5.74) is -0.305. The van der Waals surface area contributed by atoms with Crippen molar-refractivity contribution >= 4 is 0 Å². The van der Waals surface area contributed by atoms with Crippen LogP contribution in [0.1, 0.15) is 70.6 Å². The average Bonchev–Trinajstić information content (AvgIpc) is 3.05. The van der Waals surface area contributed by atoms with Crippen LogP contribution in [0.3, 0.4) is 0 Å². The molecule has 1 saturated carbocycles. The second kappa shape index (κ2) is 6.48. The Bertz CT molecular complexity index is 386. The van der Waals surface area contributed by atoms with Crippen molar-refractivity contribution in [1.82, 2.24) is 15.5 Å². The number of ether oxygens (including phenoxy) is 1. The van der Waals surface area contributed by atoms with Gasteiger partial charge in [-0.1, -0.05) is 12.1 Å². The minimum absolute atomic E-state index is 0.0984. The van der Waals surface area contributed by atoms with Crippen LogP contribution in [0.2, 0.25) is 0 Å². The van der Waals surface area contributed by atoms with Gasteiger partial charge in [0.25, 0.3) is 0 Å². The minimum Gasteiger partial charge on any atom is -0.367 e. The van der Waals surface area contributed by atoms with Gasteiger partial charge in [-0.3, -0.25) is 0 Å². The SMILES string of the molecule is CCCNC(C)c1nc(C2(OCC)CCCC2)no1. The Morgan fingerprint density at radius 3 is 2.74 bits per heavy atom. The molecule has 2 rings (SSSR count). The third-order valence-corrected chi connectivity index (χ3v) is 3.75. The molecule has 0 aromatic carbocycles. The summed E-state index contributed by atoms with van der Waals surface area (Å²) in [6.07, 6.45) is 5.43. The molecule has 0 radical (unpaired) electrons. The second-order valence-electron chi connectivity index (χ2n) is 5.27. The monoisotopic (exact) mass is 267 g/mol. The standard InChI is InChI=1S/C14H25N3O2/c1-4-10-15-11(3)12-16-13(17-19-12)14(18-5-2)8-6-7-9-14/h11,15H,4-10H2,1-3H3. The second-order valence-corrected chi connectivity index (χ2v) is 5.27. The Hall–Kier alpha value is -0.940. The molecule has 1 fully saturated rings. The van der Waals surface area contributed by atoms with Crippen molar-refractivity contribution in [3.8, 4) is 0 Å². The van der Waals surface area contributed by atoms with Crippen molar-refractivity contribution in [1.29, 1.82) is 0 Å². The van der Waals surface area contributed by atoms with Gasteiger partial charge in [0.2, 0.25) is 11.7 Å². The molecule has 1 unspecified atom stereocenters. The molecule has 1 atom stereocenters. The minimum atomic E-state index is -0.305. The highest BCUT2D eigenvalue weighted by Gasteiger charge is 2.41. The first-order valence-corrected chi connectivity index (χ1v) is 7.43. The van der Waals surface area contributed by atoms with E-state index >= 15 is 0 Å². The lowest BCUT2D eigenvalue weighted by Crippen LogP contribution is -2.28. The molecular weight excluding hydrogens is 242 g/mol. The fourth-order valence-electron chi connectivity index (χ4n) is 2.70. The molecule has 1 N–H and O–H groups in total. The van der Waals surface area contributed by atoms with Crippen LogP contribution in [0.5, 0.6) is 0 Å². The predicted octanol–water partition coefficient (Wildman–Crippen LogP) is 2.94. The molecule has 1 heterocycles. The summed E-state index contributed by atoms with van der Waals surface area (Å²) in [5, 5.41) is 7.53.